The highest BCUT2D eigenvalue weighted by Crippen LogP contribution is 2.27. The molecule has 1 heterocycles. The van der Waals surface area contributed by atoms with Gasteiger partial charge in [0.05, 0.1) is 4.92 Å². The molecule has 0 amide bonds. The molecule has 0 radical (unpaired) electrons. The minimum Gasteiger partial charge on any atom is -0.369 e. The summed E-state index contributed by atoms with van der Waals surface area (Å²) in [5, 5.41) is 10.5. The molecule has 1 aliphatic heterocycles. The van der Waals surface area contributed by atoms with Gasteiger partial charge < -0.3 is 9.80 Å². The third-order valence-electron chi connectivity index (χ3n) is 3.05. The summed E-state index contributed by atoms with van der Waals surface area (Å²) in [6.07, 6.45) is 0. The number of nitrogens with zero attached hydrogens (tertiary/aromatic N) is 3. The zero-order chi connectivity index (χ0) is 13.3. The Hall–Kier alpha value is -1.76. The van der Waals surface area contributed by atoms with Gasteiger partial charge >= 0.3 is 5.69 Å². The second kappa shape index (κ2) is 4.85. The number of rotatable bonds is 2. The lowest BCUT2D eigenvalue weighted by atomic mass is 10.2. The van der Waals surface area contributed by atoms with Crippen molar-refractivity contribution >= 4 is 11.4 Å². The number of piperazine rings is 1. The molecule has 98 valence electrons. The Labute approximate surface area is 103 Å². The Morgan fingerprint density at radius 3 is 2.11 bits per heavy atom. The molecule has 0 spiro atoms. The number of nitro benzene ring substituents is 1. The van der Waals surface area contributed by atoms with E-state index in [1.807, 2.05) is 11.9 Å². The van der Waals surface area contributed by atoms with Crippen molar-refractivity contribution in [3.8, 4) is 0 Å². The molecule has 1 aromatic carbocycles. The van der Waals surface area contributed by atoms with Crippen LogP contribution in [0.2, 0.25) is 0 Å². The predicted octanol–water partition coefficient (Wildman–Crippen LogP) is 1.62. The highest BCUT2D eigenvalue weighted by Gasteiger charge is 2.24. The molecule has 18 heavy (non-hydrogen) atoms. The first-order valence-corrected chi connectivity index (χ1v) is 5.56. The SMILES string of the molecule is CN1CCN(c2cc(F)c([N+](=O)[O-])c(F)c2)CC1. The van der Waals surface area contributed by atoms with Crippen LogP contribution in [0.4, 0.5) is 20.2 Å². The molecule has 0 atom stereocenters. The summed E-state index contributed by atoms with van der Waals surface area (Å²) < 4.78 is 26.9. The largest absolute Gasteiger partial charge is 0.369 e. The van der Waals surface area contributed by atoms with Crippen molar-refractivity contribution in [3.63, 3.8) is 0 Å². The van der Waals surface area contributed by atoms with Crippen LogP contribution in [0, 0.1) is 21.7 Å². The molecular weight excluding hydrogens is 244 g/mol. The van der Waals surface area contributed by atoms with Crippen LogP contribution in [0.5, 0.6) is 0 Å². The standard InChI is InChI=1S/C11H13F2N3O2/c1-14-2-4-15(5-3-14)8-6-9(12)11(16(17)18)10(13)7-8/h6-7H,2-5H2,1H3. The number of likely N-dealkylation sites (N-methyl/N-ethyl adjacent to an activating group) is 1. The Balaban J connectivity index is 2.28. The van der Waals surface area contributed by atoms with Gasteiger partial charge in [-0.05, 0) is 7.05 Å². The molecule has 0 aromatic heterocycles. The number of benzene rings is 1. The van der Waals surface area contributed by atoms with Crippen LogP contribution >= 0.6 is 0 Å². The Bertz CT molecular complexity index is 450. The van der Waals surface area contributed by atoms with E-state index in [2.05, 4.69) is 4.90 Å². The molecule has 0 aliphatic carbocycles. The van der Waals surface area contributed by atoms with Gasteiger partial charge in [0.1, 0.15) is 0 Å². The highest BCUT2D eigenvalue weighted by atomic mass is 19.1. The van der Waals surface area contributed by atoms with Crippen molar-refractivity contribution in [2.45, 2.75) is 0 Å². The van der Waals surface area contributed by atoms with Gasteiger partial charge in [-0.25, -0.2) is 0 Å². The Morgan fingerprint density at radius 1 is 1.17 bits per heavy atom. The van der Waals surface area contributed by atoms with Crippen LogP contribution in [-0.4, -0.2) is 43.0 Å². The lowest BCUT2D eigenvalue weighted by Crippen LogP contribution is -2.44. The fraction of sp³-hybridized carbons (Fsp3) is 0.455. The zero-order valence-corrected chi connectivity index (χ0v) is 9.90. The molecule has 1 aromatic rings. The fourth-order valence-corrected chi connectivity index (χ4v) is 1.97. The third-order valence-corrected chi connectivity index (χ3v) is 3.05. The lowest BCUT2D eigenvalue weighted by molar-refractivity contribution is -0.390. The van der Waals surface area contributed by atoms with Crippen LogP contribution in [0.15, 0.2) is 12.1 Å². The molecule has 5 nitrogen and oxygen atoms in total. The van der Waals surface area contributed by atoms with Crippen LogP contribution in [0.25, 0.3) is 0 Å². The quantitative estimate of drug-likeness (QED) is 0.596. The molecule has 0 unspecified atom stereocenters. The molecular formula is C11H13F2N3O2. The Kier molecular flexibility index (Phi) is 3.42. The predicted molar refractivity (Wildman–Crippen MR) is 62.7 cm³/mol. The summed E-state index contributed by atoms with van der Waals surface area (Å²) in [5.41, 5.74) is -0.739. The van der Waals surface area contributed by atoms with Crippen LogP contribution < -0.4 is 4.90 Å². The van der Waals surface area contributed by atoms with Crippen molar-refractivity contribution < 1.29 is 13.7 Å². The zero-order valence-electron chi connectivity index (χ0n) is 9.90. The maximum Gasteiger partial charge on any atom is 0.340 e. The average molecular weight is 257 g/mol. The van der Waals surface area contributed by atoms with Crippen molar-refractivity contribution in [2.75, 3.05) is 38.1 Å². The first kappa shape index (κ1) is 12.7. The van der Waals surface area contributed by atoms with E-state index < -0.39 is 22.2 Å². The van der Waals surface area contributed by atoms with Gasteiger partial charge in [-0.1, -0.05) is 0 Å². The van der Waals surface area contributed by atoms with Gasteiger partial charge in [0.15, 0.2) is 0 Å². The van der Waals surface area contributed by atoms with Crippen LogP contribution in [0.3, 0.4) is 0 Å². The van der Waals surface area contributed by atoms with Gasteiger partial charge in [0, 0.05) is 44.0 Å². The number of halogens is 2. The average Bonchev–Trinajstić information content (AvgIpc) is 2.28. The van der Waals surface area contributed by atoms with Gasteiger partial charge in [-0.3, -0.25) is 10.1 Å². The second-order valence-electron chi connectivity index (χ2n) is 4.31. The highest BCUT2D eigenvalue weighted by molar-refractivity contribution is 5.53. The third kappa shape index (κ3) is 2.40. The summed E-state index contributed by atoms with van der Waals surface area (Å²) >= 11 is 0. The van der Waals surface area contributed by atoms with Crippen molar-refractivity contribution in [1.82, 2.24) is 4.90 Å². The van der Waals surface area contributed by atoms with Crippen LogP contribution in [0.1, 0.15) is 0 Å². The number of hydrogen-bond donors (Lipinski definition) is 0. The summed E-state index contributed by atoms with van der Waals surface area (Å²) in [6.45, 7) is 2.88. The number of nitro groups is 1. The lowest BCUT2D eigenvalue weighted by Gasteiger charge is -2.34. The van der Waals surface area contributed by atoms with E-state index in [0.29, 0.717) is 18.8 Å². The van der Waals surface area contributed by atoms with E-state index in [1.165, 1.54) is 0 Å². The maximum absolute atomic E-state index is 13.5. The van der Waals surface area contributed by atoms with Crippen molar-refractivity contribution in [1.29, 1.82) is 0 Å². The molecule has 1 saturated heterocycles. The Morgan fingerprint density at radius 2 is 1.67 bits per heavy atom. The van der Waals surface area contributed by atoms with Crippen molar-refractivity contribution in [3.05, 3.63) is 33.9 Å². The van der Waals surface area contributed by atoms with E-state index in [1.54, 1.807) is 0 Å². The van der Waals surface area contributed by atoms with E-state index in [-0.39, 0.29) is 0 Å². The van der Waals surface area contributed by atoms with Gasteiger partial charge in [0.25, 0.3) is 0 Å². The van der Waals surface area contributed by atoms with Crippen LogP contribution in [-0.2, 0) is 0 Å². The van der Waals surface area contributed by atoms with Gasteiger partial charge in [-0.2, -0.15) is 8.78 Å². The smallest absolute Gasteiger partial charge is 0.340 e. The molecule has 1 aliphatic rings. The molecule has 0 saturated carbocycles. The first-order chi connectivity index (χ1) is 8.49. The van der Waals surface area contributed by atoms with E-state index in [0.717, 1.165) is 25.2 Å². The molecule has 0 N–H and O–H groups in total. The summed E-state index contributed by atoms with van der Waals surface area (Å²) in [4.78, 5) is 13.4. The molecule has 7 heteroatoms. The minimum absolute atomic E-state index is 0.351. The topological polar surface area (TPSA) is 49.6 Å². The minimum atomic E-state index is -1.13. The van der Waals surface area contributed by atoms with Gasteiger partial charge in [-0.15, -0.1) is 0 Å². The molecule has 1 fully saturated rings. The fourth-order valence-electron chi connectivity index (χ4n) is 1.97. The van der Waals surface area contributed by atoms with Crippen molar-refractivity contribution in [2.24, 2.45) is 0 Å². The summed E-state index contributed by atoms with van der Waals surface area (Å²) in [6, 6.07) is 2.04. The first-order valence-electron chi connectivity index (χ1n) is 5.56. The summed E-state index contributed by atoms with van der Waals surface area (Å²) in [5.74, 6) is -2.26. The normalized spacial score (nSPS) is 16.9. The molecule has 2 rings (SSSR count). The summed E-state index contributed by atoms with van der Waals surface area (Å²) in [7, 11) is 1.97. The maximum atomic E-state index is 13.5. The van der Waals surface area contributed by atoms with E-state index in [9.17, 15) is 18.9 Å². The monoisotopic (exact) mass is 257 g/mol. The number of anilines is 1. The second-order valence-corrected chi connectivity index (χ2v) is 4.31. The van der Waals surface area contributed by atoms with Gasteiger partial charge in [0.2, 0.25) is 11.6 Å². The van der Waals surface area contributed by atoms with E-state index in [4.69, 9.17) is 0 Å². The van der Waals surface area contributed by atoms with E-state index >= 15 is 0 Å². The molecule has 0 bridgehead atoms. The number of hydrogen-bond acceptors (Lipinski definition) is 4.